The van der Waals surface area contributed by atoms with Crippen molar-refractivity contribution in [1.29, 1.82) is 0 Å². The molecule has 0 saturated heterocycles. The summed E-state index contributed by atoms with van der Waals surface area (Å²) in [6.07, 6.45) is 2.05. The molecule has 156 valence electrons. The van der Waals surface area contributed by atoms with Gasteiger partial charge in [-0.15, -0.1) is 0 Å². The van der Waals surface area contributed by atoms with Crippen LogP contribution in [0, 0.1) is 0 Å². The number of nitrogens with zero attached hydrogens (tertiary/aromatic N) is 2. The van der Waals surface area contributed by atoms with E-state index in [1.165, 1.54) is 0 Å². The Bertz CT molecular complexity index is 1030. The molecule has 0 fully saturated rings. The molecule has 4 rings (SSSR count). The van der Waals surface area contributed by atoms with E-state index in [2.05, 4.69) is 16.0 Å². The van der Waals surface area contributed by atoms with Crippen LogP contribution in [-0.4, -0.2) is 43.4 Å². The molecular weight excluding hydrogens is 382 g/mol. The van der Waals surface area contributed by atoms with Crippen LogP contribution in [0.15, 0.2) is 60.8 Å². The second-order valence-corrected chi connectivity index (χ2v) is 6.97. The van der Waals surface area contributed by atoms with Gasteiger partial charge in [-0.2, -0.15) is 0 Å². The van der Waals surface area contributed by atoms with E-state index < -0.39 is 0 Å². The van der Waals surface area contributed by atoms with Crippen molar-refractivity contribution in [3.8, 4) is 17.2 Å². The zero-order valence-electron chi connectivity index (χ0n) is 17.3. The molecule has 1 N–H and O–H groups in total. The number of carbonyl (C=O) groups excluding carboxylic acids is 1. The number of nitrogens with one attached hydrogen (secondary N) is 1. The van der Waals surface area contributed by atoms with E-state index in [0.29, 0.717) is 23.7 Å². The molecule has 0 bridgehead atoms. The van der Waals surface area contributed by atoms with E-state index in [0.717, 1.165) is 23.6 Å². The second-order valence-electron chi connectivity index (χ2n) is 6.97. The van der Waals surface area contributed by atoms with Gasteiger partial charge in [-0.3, -0.25) is 0 Å². The number of anilines is 1. The second kappa shape index (κ2) is 8.41. The van der Waals surface area contributed by atoms with Gasteiger partial charge < -0.3 is 29.0 Å². The average molecular weight is 407 g/mol. The summed E-state index contributed by atoms with van der Waals surface area (Å²) in [5.74, 6) is 1.84. The third-order valence-electron chi connectivity index (χ3n) is 5.38. The number of aromatic nitrogens is 1. The van der Waals surface area contributed by atoms with Gasteiger partial charge >= 0.3 is 6.03 Å². The lowest BCUT2D eigenvalue weighted by Gasteiger charge is -2.37. The number of fused-ring (bicyclic) bond motifs is 1. The fourth-order valence-electron chi connectivity index (χ4n) is 3.91. The molecule has 2 aromatic carbocycles. The standard InChI is InChI=1S/C23H25N3O4/c1-28-17-11-9-16(10-12-17)21-19-7-5-13-25(19)14-15-26(21)23(27)24-18-6-4-8-20(29-2)22(18)30-3/h4-13,21H,14-15H2,1-3H3,(H,24,27). The van der Waals surface area contributed by atoms with Crippen LogP contribution in [0.25, 0.3) is 0 Å². The number of carbonyl (C=O) groups is 1. The monoisotopic (exact) mass is 407 g/mol. The molecule has 0 saturated carbocycles. The number of urea groups is 1. The van der Waals surface area contributed by atoms with Gasteiger partial charge in [-0.25, -0.2) is 4.79 Å². The summed E-state index contributed by atoms with van der Waals surface area (Å²) >= 11 is 0. The van der Waals surface area contributed by atoms with Gasteiger partial charge in [-0.05, 0) is 42.0 Å². The molecule has 2 amide bonds. The van der Waals surface area contributed by atoms with Crippen LogP contribution in [0.5, 0.6) is 17.2 Å². The van der Waals surface area contributed by atoms with Crippen LogP contribution < -0.4 is 19.5 Å². The first-order valence-corrected chi connectivity index (χ1v) is 9.74. The highest BCUT2D eigenvalue weighted by molar-refractivity contribution is 5.92. The lowest BCUT2D eigenvalue weighted by molar-refractivity contribution is 0.181. The summed E-state index contributed by atoms with van der Waals surface area (Å²) in [5, 5.41) is 3.00. The highest BCUT2D eigenvalue weighted by atomic mass is 16.5. The first-order chi connectivity index (χ1) is 14.7. The van der Waals surface area contributed by atoms with Gasteiger partial charge in [0.1, 0.15) is 5.75 Å². The SMILES string of the molecule is COc1ccc(C2c3cccn3CCN2C(=O)Nc2cccc(OC)c2OC)cc1. The maximum atomic E-state index is 13.4. The van der Waals surface area contributed by atoms with Gasteiger partial charge in [-0.1, -0.05) is 18.2 Å². The number of hydrogen-bond donors (Lipinski definition) is 1. The summed E-state index contributed by atoms with van der Waals surface area (Å²) < 4.78 is 18.3. The molecule has 1 aromatic heterocycles. The third-order valence-corrected chi connectivity index (χ3v) is 5.38. The topological polar surface area (TPSA) is 65.0 Å². The van der Waals surface area contributed by atoms with E-state index in [9.17, 15) is 4.79 Å². The van der Waals surface area contributed by atoms with Crippen molar-refractivity contribution in [2.45, 2.75) is 12.6 Å². The fourth-order valence-corrected chi connectivity index (χ4v) is 3.91. The van der Waals surface area contributed by atoms with Crippen LogP contribution in [0.2, 0.25) is 0 Å². The Hall–Kier alpha value is -3.61. The van der Waals surface area contributed by atoms with E-state index in [4.69, 9.17) is 14.2 Å². The van der Waals surface area contributed by atoms with Crippen molar-refractivity contribution in [2.75, 3.05) is 33.2 Å². The molecule has 7 nitrogen and oxygen atoms in total. The molecule has 0 aliphatic carbocycles. The number of methoxy groups -OCH3 is 3. The predicted molar refractivity (Wildman–Crippen MR) is 115 cm³/mol. The molecule has 1 atom stereocenters. The van der Waals surface area contributed by atoms with Crippen LogP contribution in [0.3, 0.4) is 0 Å². The number of benzene rings is 2. The molecule has 30 heavy (non-hydrogen) atoms. The summed E-state index contributed by atoms with van der Waals surface area (Å²) in [4.78, 5) is 15.2. The number of hydrogen-bond acceptors (Lipinski definition) is 4. The van der Waals surface area contributed by atoms with Crippen LogP contribution >= 0.6 is 0 Å². The molecule has 0 radical (unpaired) electrons. The minimum Gasteiger partial charge on any atom is -0.497 e. The van der Waals surface area contributed by atoms with E-state index in [1.807, 2.05) is 47.5 Å². The molecular formula is C23H25N3O4. The van der Waals surface area contributed by atoms with Crippen molar-refractivity contribution in [3.63, 3.8) is 0 Å². The number of ether oxygens (including phenoxy) is 3. The van der Waals surface area contributed by atoms with E-state index >= 15 is 0 Å². The highest BCUT2D eigenvalue weighted by Crippen LogP contribution is 2.37. The van der Waals surface area contributed by atoms with Crippen molar-refractivity contribution in [2.24, 2.45) is 0 Å². The molecule has 1 aliphatic heterocycles. The normalized spacial score (nSPS) is 15.3. The highest BCUT2D eigenvalue weighted by Gasteiger charge is 2.32. The van der Waals surface area contributed by atoms with Crippen molar-refractivity contribution in [3.05, 3.63) is 72.1 Å². The van der Waals surface area contributed by atoms with Gasteiger partial charge in [0.15, 0.2) is 11.5 Å². The Morgan fingerprint density at radius 1 is 0.933 bits per heavy atom. The fraction of sp³-hybridized carbons (Fsp3) is 0.261. The lowest BCUT2D eigenvalue weighted by Crippen LogP contribution is -2.44. The molecule has 7 heteroatoms. The van der Waals surface area contributed by atoms with Crippen LogP contribution in [0.1, 0.15) is 17.3 Å². The Labute approximate surface area is 175 Å². The predicted octanol–water partition coefficient (Wildman–Crippen LogP) is 4.15. The number of para-hydroxylation sites is 1. The first kappa shape index (κ1) is 19.7. The van der Waals surface area contributed by atoms with E-state index in [1.54, 1.807) is 33.5 Å². The maximum absolute atomic E-state index is 13.4. The van der Waals surface area contributed by atoms with Crippen LogP contribution in [-0.2, 0) is 6.54 Å². The first-order valence-electron chi connectivity index (χ1n) is 9.74. The smallest absolute Gasteiger partial charge is 0.322 e. The van der Waals surface area contributed by atoms with Gasteiger partial charge in [0.2, 0.25) is 0 Å². The van der Waals surface area contributed by atoms with E-state index in [-0.39, 0.29) is 12.1 Å². The average Bonchev–Trinajstić information content (AvgIpc) is 3.27. The molecule has 3 aromatic rings. The quantitative estimate of drug-likeness (QED) is 0.690. The molecule has 1 unspecified atom stereocenters. The molecule has 0 spiro atoms. The lowest BCUT2D eigenvalue weighted by atomic mass is 10.00. The van der Waals surface area contributed by atoms with Gasteiger partial charge in [0.25, 0.3) is 0 Å². The largest absolute Gasteiger partial charge is 0.497 e. The zero-order chi connectivity index (χ0) is 21.1. The van der Waals surface area contributed by atoms with Gasteiger partial charge in [0.05, 0.1) is 33.1 Å². The Balaban J connectivity index is 1.67. The minimum absolute atomic E-state index is 0.199. The third kappa shape index (κ3) is 3.54. The number of rotatable bonds is 5. The number of amides is 2. The van der Waals surface area contributed by atoms with Gasteiger partial charge in [0, 0.05) is 25.0 Å². The maximum Gasteiger partial charge on any atom is 0.322 e. The Morgan fingerprint density at radius 3 is 2.43 bits per heavy atom. The molecule has 2 heterocycles. The van der Waals surface area contributed by atoms with Crippen LogP contribution in [0.4, 0.5) is 10.5 Å². The summed E-state index contributed by atoms with van der Waals surface area (Å²) in [6.45, 7) is 1.31. The van der Waals surface area contributed by atoms with Crippen molar-refractivity contribution < 1.29 is 19.0 Å². The Kier molecular flexibility index (Phi) is 5.52. The Morgan fingerprint density at radius 2 is 1.73 bits per heavy atom. The van der Waals surface area contributed by atoms with Crippen molar-refractivity contribution in [1.82, 2.24) is 9.47 Å². The summed E-state index contributed by atoms with van der Waals surface area (Å²) in [7, 11) is 4.77. The molecule has 1 aliphatic rings. The summed E-state index contributed by atoms with van der Waals surface area (Å²) in [6, 6.07) is 16.9. The minimum atomic E-state index is -0.212. The van der Waals surface area contributed by atoms with Crippen molar-refractivity contribution >= 4 is 11.7 Å². The zero-order valence-corrected chi connectivity index (χ0v) is 17.3. The summed E-state index contributed by atoms with van der Waals surface area (Å²) in [5.41, 5.74) is 2.65.